The predicted molar refractivity (Wildman–Crippen MR) is 141 cm³/mol. The molecule has 5 rings (SSSR count). The molecule has 1 N–H and O–H groups in total. The van der Waals surface area contributed by atoms with Crippen molar-refractivity contribution in [2.24, 2.45) is 7.05 Å². The van der Waals surface area contributed by atoms with Crippen LogP contribution in [-0.4, -0.2) is 45.8 Å². The minimum Gasteiger partial charge on any atom is -0.481 e. The number of aryl methyl sites for hydroxylation is 3. The maximum absolute atomic E-state index is 13.4. The normalized spacial score (nSPS) is 14.3. The number of carbonyl (C=O) groups is 1. The molecule has 4 aromatic rings. The summed E-state index contributed by atoms with van der Waals surface area (Å²) in [5, 5.41) is 18.2. The lowest BCUT2D eigenvalue weighted by atomic mass is 9.87. The van der Waals surface area contributed by atoms with Crippen LogP contribution < -0.4 is 0 Å². The van der Waals surface area contributed by atoms with E-state index in [0.29, 0.717) is 16.1 Å². The van der Waals surface area contributed by atoms with Gasteiger partial charge in [0.15, 0.2) is 0 Å². The van der Waals surface area contributed by atoms with Gasteiger partial charge in [0.25, 0.3) is 0 Å². The van der Waals surface area contributed by atoms with Gasteiger partial charge in [-0.15, -0.1) is 5.10 Å². The zero-order chi connectivity index (χ0) is 26.3. The van der Waals surface area contributed by atoms with Gasteiger partial charge < -0.3 is 5.11 Å². The molecule has 0 saturated carbocycles. The first-order chi connectivity index (χ1) is 17.6. The highest BCUT2D eigenvalue weighted by Gasteiger charge is 2.25. The third kappa shape index (κ3) is 4.99. The molecular weight excluding hydrogens is 512 g/mol. The van der Waals surface area contributed by atoms with E-state index in [1.807, 2.05) is 24.3 Å². The molecule has 3 aromatic carbocycles. The largest absolute Gasteiger partial charge is 0.481 e. The van der Waals surface area contributed by atoms with Crippen LogP contribution in [0.15, 0.2) is 59.5 Å². The summed E-state index contributed by atoms with van der Waals surface area (Å²) in [4.78, 5) is 12.0. The quantitative estimate of drug-likeness (QED) is 0.353. The number of aromatic nitrogens is 3. The fraction of sp³-hybridized carbons (Fsp3) is 0.296. The molecule has 1 heterocycles. The number of hydrogen-bond acceptors (Lipinski definition) is 5. The van der Waals surface area contributed by atoms with Crippen LogP contribution >= 0.6 is 11.6 Å². The van der Waals surface area contributed by atoms with E-state index in [4.69, 9.17) is 11.6 Å². The molecule has 0 amide bonds. The van der Waals surface area contributed by atoms with Gasteiger partial charge in [-0.3, -0.25) is 4.79 Å². The highest BCUT2D eigenvalue weighted by molar-refractivity contribution is 7.89. The van der Waals surface area contributed by atoms with E-state index in [1.165, 1.54) is 16.9 Å². The Hall–Kier alpha value is -3.27. The van der Waals surface area contributed by atoms with Crippen molar-refractivity contribution >= 4 is 38.6 Å². The van der Waals surface area contributed by atoms with Gasteiger partial charge in [0.05, 0.1) is 16.8 Å². The number of sulfonamides is 1. The number of benzene rings is 3. The molecule has 0 spiro atoms. The van der Waals surface area contributed by atoms with E-state index in [-0.39, 0.29) is 17.9 Å². The average molecular weight is 539 g/mol. The van der Waals surface area contributed by atoms with Crippen LogP contribution in [0.25, 0.3) is 11.0 Å². The number of carboxylic acids is 1. The molecule has 192 valence electrons. The fourth-order valence-corrected chi connectivity index (χ4v) is 6.40. The van der Waals surface area contributed by atoms with Crippen molar-refractivity contribution < 1.29 is 18.3 Å². The summed E-state index contributed by atoms with van der Waals surface area (Å²) in [5.74, 6) is -1.42. The molecule has 0 fully saturated rings. The summed E-state index contributed by atoms with van der Waals surface area (Å²) < 4.78 is 29.6. The summed E-state index contributed by atoms with van der Waals surface area (Å²) in [6, 6.07) is 16.2. The highest BCUT2D eigenvalue weighted by Crippen LogP contribution is 2.33. The molecule has 1 atom stereocenters. The lowest BCUT2D eigenvalue weighted by molar-refractivity contribution is -0.137. The highest BCUT2D eigenvalue weighted by atomic mass is 35.5. The molecule has 1 aliphatic carbocycles. The topological polar surface area (TPSA) is 105 Å². The molecule has 37 heavy (non-hydrogen) atoms. The molecule has 1 aromatic heterocycles. The van der Waals surface area contributed by atoms with Crippen LogP contribution in [0.2, 0.25) is 5.02 Å². The van der Waals surface area contributed by atoms with Crippen LogP contribution in [0.1, 0.15) is 46.6 Å². The van der Waals surface area contributed by atoms with Crippen LogP contribution in [0, 0.1) is 0 Å². The van der Waals surface area contributed by atoms with Gasteiger partial charge in [0.2, 0.25) is 10.0 Å². The Morgan fingerprint density at radius 1 is 1.08 bits per heavy atom. The summed E-state index contributed by atoms with van der Waals surface area (Å²) >= 11 is 6.49. The Bertz CT molecular complexity index is 1620. The van der Waals surface area contributed by atoms with Gasteiger partial charge in [0, 0.05) is 31.6 Å². The van der Waals surface area contributed by atoms with Crippen LogP contribution in [0.3, 0.4) is 0 Å². The first-order valence-corrected chi connectivity index (χ1v) is 13.8. The monoisotopic (exact) mass is 538 g/mol. The van der Waals surface area contributed by atoms with E-state index in [0.717, 1.165) is 41.5 Å². The van der Waals surface area contributed by atoms with Crippen molar-refractivity contribution in [3.8, 4) is 0 Å². The Labute approximate surface area is 220 Å². The second-order valence-electron chi connectivity index (χ2n) is 9.51. The van der Waals surface area contributed by atoms with Gasteiger partial charge >= 0.3 is 5.97 Å². The van der Waals surface area contributed by atoms with E-state index in [9.17, 15) is 18.3 Å². The van der Waals surface area contributed by atoms with Crippen molar-refractivity contribution in [3.63, 3.8) is 0 Å². The van der Waals surface area contributed by atoms with Gasteiger partial charge in [-0.1, -0.05) is 41.1 Å². The first kappa shape index (κ1) is 25.4. The van der Waals surface area contributed by atoms with E-state index in [2.05, 4.69) is 10.3 Å². The zero-order valence-electron chi connectivity index (χ0n) is 20.6. The fourth-order valence-electron chi connectivity index (χ4n) is 5.02. The number of nitrogens with zero attached hydrogens (tertiary/aromatic N) is 4. The maximum Gasteiger partial charge on any atom is 0.304 e. The zero-order valence-corrected chi connectivity index (χ0v) is 22.1. The first-order valence-electron chi connectivity index (χ1n) is 12.0. The molecule has 1 unspecified atom stereocenters. The number of rotatable bonds is 8. The van der Waals surface area contributed by atoms with Crippen molar-refractivity contribution in [1.82, 2.24) is 19.3 Å². The second kappa shape index (κ2) is 9.89. The predicted octanol–water partition coefficient (Wildman–Crippen LogP) is 4.54. The summed E-state index contributed by atoms with van der Waals surface area (Å²) in [6.07, 6.45) is 2.77. The van der Waals surface area contributed by atoms with Crippen molar-refractivity contribution in [3.05, 3.63) is 87.4 Å². The lowest BCUT2D eigenvalue weighted by Gasteiger charge is -2.21. The smallest absolute Gasteiger partial charge is 0.304 e. The van der Waals surface area contributed by atoms with E-state index < -0.39 is 21.9 Å². The van der Waals surface area contributed by atoms with E-state index >= 15 is 0 Å². The Morgan fingerprint density at radius 3 is 2.59 bits per heavy atom. The summed E-state index contributed by atoms with van der Waals surface area (Å²) in [5.41, 5.74) is 5.92. The number of halogens is 1. The van der Waals surface area contributed by atoms with Gasteiger partial charge in [-0.05, 0) is 77.4 Å². The number of hydrogen-bond donors (Lipinski definition) is 1. The average Bonchev–Trinajstić information content (AvgIpc) is 3.49. The molecule has 0 aliphatic heterocycles. The summed E-state index contributed by atoms with van der Waals surface area (Å²) in [6.45, 7) is 0.0507. The van der Waals surface area contributed by atoms with Crippen molar-refractivity contribution in [2.75, 3.05) is 7.05 Å². The number of aliphatic carboxylic acids is 1. The minimum atomic E-state index is -3.74. The third-order valence-corrected chi connectivity index (χ3v) is 9.23. The van der Waals surface area contributed by atoms with Crippen molar-refractivity contribution in [2.45, 2.75) is 43.0 Å². The van der Waals surface area contributed by atoms with Gasteiger partial charge in [-0.25, -0.2) is 13.1 Å². The SMILES string of the molecule is CN(Cc1cc(C(CC(=O)O)c2ccc3c(c2)nnn3C)ccc1Cl)S(=O)(=O)c1ccc2c(c1)CCC2. The van der Waals surface area contributed by atoms with Gasteiger partial charge in [0.1, 0.15) is 5.52 Å². The number of carboxylic acid groups (broad SMARTS) is 1. The maximum atomic E-state index is 13.4. The van der Waals surface area contributed by atoms with Crippen LogP contribution in [-0.2, 0) is 41.3 Å². The second-order valence-corrected chi connectivity index (χ2v) is 12.0. The van der Waals surface area contributed by atoms with Gasteiger partial charge in [-0.2, -0.15) is 4.31 Å². The molecule has 0 radical (unpaired) electrons. The third-order valence-electron chi connectivity index (χ3n) is 7.06. The Morgan fingerprint density at radius 2 is 1.81 bits per heavy atom. The minimum absolute atomic E-state index is 0.0507. The van der Waals surface area contributed by atoms with E-state index in [1.54, 1.807) is 42.1 Å². The molecule has 1 aliphatic rings. The standard InChI is InChI=1S/C27H27ClN4O4S/c1-31(37(35,36)22-9-6-17-4-3-5-18(17)13-22)16-21-12-19(7-10-24(21)28)23(15-27(33)34)20-8-11-26-25(14-20)29-30-32(26)2/h6-14,23H,3-5,15-16H2,1-2H3,(H,33,34). The van der Waals surface area contributed by atoms with Crippen LogP contribution in [0.5, 0.6) is 0 Å². The van der Waals surface area contributed by atoms with Crippen molar-refractivity contribution in [1.29, 1.82) is 0 Å². The Balaban J connectivity index is 1.46. The molecule has 0 bridgehead atoms. The van der Waals surface area contributed by atoms with Crippen LogP contribution in [0.4, 0.5) is 0 Å². The Kier molecular flexibility index (Phi) is 6.78. The lowest BCUT2D eigenvalue weighted by Crippen LogP contribution is -2.27. The molecular formula is C27H27ClN4O4S. The summed E-state index contributed by atoms with van der Waals surface area (Å²) in [7, 11) is -0.414. The number of fused-ring (bicyclic) bond motifs is 2. The molecule has 0 saturated heterocycles. The molecule has 8 nitrogen and oxygen atoms in total. The molecule has 10 heteroatoms.